The fourth-order valence-electron chi connectivity index (χ4n) is 2.19. The first-order valence-electron chi connectivity index (χ1n) is 6.40. The molecule has 17 heavy (non-hydrogen) atoms. The third-order valence-corrected chi connectivity index (χ3v) is 5.45. The van der Waals surface area contributed by atoms with Crippen LogP contribution >= 0.6 is 23.1 Å². The second-order valence-corrected chi connectivity index (χ2v) is 6.86. The van der Waals surface area contributed by atoms with E-state index in [-0.39, 0.29) is 0 Å². The summed E-state index contributed by atoms with van der Waals surface area (Å²) >= 11 is 3.88. The molecule has 1 aromatic heterocycles. The van der Waals surface area contributed by atoms with Gasteiger partial charge in [-0.25, -0.2) is 0 Å². The van der Waals surface area contributed by atoms with Gasteiger partial charge in [0.1, 0.15) is 10.0 Å². The van der Waals surface area contributed by atoms with Crippen LogP contribution in [0.25, 0.3) is 0 Å². The Morgan fingerprint density at radius 3 is 2.76 bits per heavy atom. The largest absolute Gasteiger partial charge is 0.311 e. The van der Waals surface area contributed by atoms with Crippen molar-refractivity contribution in [2.45, 2.75) is 38.6 Å². The van der Waals surface area contributed by atoms with Crippen molar-refractivity contribution in [2.75, 3.05) is 18.6 Å². The lowest BCUT2D eigenvalue weighted by molar-refractivity contribution is 0.485. The molecule has 0 amide bonds. The van der Waals surface area contributed by atoms with Gasteiger partial charge in [-0.3, -0.25) is 0 Å². The highest BCUT2D eigenvalue weighted by Crippen LogP contribution is 2.28. The number of hydrogen-bond donors (Lipinski definition) is 1. The molecule has 0 aromatic carbocycles. The van der Waals surface area contributed by atoms with Gasteiger partial charge in [0.05, 0.1) is 6.04 Å². The maximum atomic E-state index is 4.35. The van der Waals surface area contributed by atoms with E-state index in [1.165, 1.54) is 29.4 Å². The molecule has 1 saturated heterocycles. The molecule has 3 nitrogen and oxygen atoms in total. The zero-order valence-corrected chi connectivity index (χ0v) is 12.2. The van der Waals surface area contributed by atoms with Gasteiger partial charge < -0.3 is 5.32 Å². The van der Waals surface area contributed by atoms with Gasteiger partial charge in [-0.05, 0) is 43.7 Å². The molecule has 0 spiro atoms. The van der Waals surface area contributed by atoms with Gasteiger partial charge >= 0.3 is 0 Å². The molecular formula is C12H21N3S2. The molecule has 1 unspecified atom stereocenters. The summed E-state index contributed by atoms with van der Waals surface area (Å²) < 4.78 is 0. The Kier molecular flexibility index (Phi) is 5.25. The van der Waals surface area contributed by atoms with Crippen molar-refractivity contribution in [3.8, 4) is 0 Å². The van der Waals surface area contributed by atoms with Crippen LogP contribution in [0, 0.1) is 5.92 Å². The highest BCUT2D eigenvalue weighted by Gasteiger charge is 2.18. The minimum atomic E-state index is 0.378. The van der Waals surface area contributed by atoms with E-state index < -0.39 is 0 Å². The van der Waals surface area contributed by atoms with Gasteiger partial charge in [-0.15, -0.1) is 10.2 Å². The highest BCUT2D eigenvalue weighted by atomic mass is 32.2. The molecular weight excluding hydrogens is 250 g/mol. The summed E-state index contributed by atoms with van der Waals surface area (Å²) in [4.78, 5) is 0. The van der Waals surface area contributed by atoms with Crippen LogP contribution in [0.2, 0.25) is 0 Å². The van der Waals surface area contributed by atoms with Gasteiger partial charge in [0, 0.05) is 6.42 Å². The van der Waals surface area contributed by atoms with Crippen molar-refractivity contribution in [2.24, 2.45) is 5.92 Å². The summed E-state index contributed by atoms with van der Waals surface area (Å²) in [6, 6.07) is 0.378. The van der Waals surface area contributed by atoms with Gasteiger partial charge in [0.15, 0.2) is 0 Å². The lowest BCUT2D eigenvalue weighted by Crippen LogP contribution is -2.14. The Bertz CT molecular complexity index is 330. The Balaban J connectivity index is 1.93. The van der Waals surface area contributed by atoms with E-state index >= 15 is 0 Å². The molecule has 1 aromatic rings. The maximum Gasteiger partial charge on any atom is 0.134 e. The zero-order valence-electron chi connectivity index (χ0n) is 10.6. The van der Waals surface area contributed by atoms with Crippen LogP contribution in [0.15, 0.2) is 0 Å². The minimum absolute atomic E-state index is 0.378. The highest BCUT2D eigenvalue weighted by molar-refractivity contribution is 7.99. The predicted octanol–water partition coefficient (Wildman–Crippen LogP) is 2.89. The first-order valence-corrected chi connectivity index (χ1v) is 8.38. The summed E-state index contributed by atoms with van der Waals surface area (Å²) in [6.45, 7) is 2.18. The van der Waals surface area contributed by atoms with Crippen LogP contribution in [0.1, 0.15) is 42.2 Å². The maximum absolute atomic E-state index is 4.35. The van der Waals surface area contributed by atoms with Crippen LogP contribution < -0.4 is 5.32 Å². The summed E-state index contributed by atoms with van der Waals surface area (Å²) in [5.74, 6) is 3.49. The van der Waals surface area contributed by atoms with Crippen molar-refractivity contribution in [3.63, 3.8) is 0 Å². The van der Waals surface area contributed by atoms with E-state index in [4.69, 9.17) is 0 Å². The quantitative estimate of drug-likeness (QED) is 0.893. The standard InChI is InChI=1S/C12H21N3S2/c1-3-10(13-2)12-15-14-11(17-12)8-9-4-6-16-7-5-9/h9-10,13H,3-8H2,1-2H3. The number of nitrogens with one attached hydrogen (secondary N) is 1. The van der Waals surface area contributed by atoms with E-state index in [9.17, 15) is 0 Å². The fourth-order valence-corrected chi connectivity index (χ4v) is 4.54. The third-order valence-electron chi connectivity index (χ3n) is 3.34. The molecule has 1 fully saturated rings. The van der Waals surface area contributed by atoms with E-state index in [0.717, 1.165) is 23.8 Å². The molecule has 1 aliphatic heterocycles. The molecule has 0 aliphatic carbocycles. The van der Waals surface area contributed by atoms with Crippen LogP contribution in [-0.4, -0.2) is 28.8 Å². The van der Waals surface area contributed by atoms with Crippen molar-refractivity contribution < 1.29 is 0 Å². The SMILES string of the molecule is CCC(NC)c1nnc(CC2CCSCC2)s1. The van der Waals surface area contributed by atoms with Crippen molar-refractivity contribution in [3.05, 3.63) is 10.0 Å². The van der Waals surface area contributed by atoms with Gasteiger partial charge in [0.2, 0.25) is 0 Å². The summed E-state index contributed by atoms with van der Waals surface area (Å²) in [6.07, 6.45) is 4.91. The van der Waals surface area contributed by atoms with Crippen molar-refractivity contribution >= 4 is 23.1 Å². The molecule has 5 heteroatoms. The molecule has 1 aliphatic rings. The second-order valence-electron chi connectivity index (χ2n) is 4.54. The normalized spacial score (nSPS) is 19.4. The zero-order chi connectivity index (χ0) is 12.1. The van der Waals surface area contributed by atoms with E-state index in [2.05, 4.69) is 34.2 Å². The number of aromatic nitrogens is 2. The summed E-state index contributed by atoms with van der Waals surface area (Å²) in [5.41, 5.74) is 0. The van der Waals surface area contributed by atoms with Crippen LogP contribution in [0.5, 0.6) is 0 Å². The molecule has 1 N–H and O–H groups in total. The molecule has 0 saturated carbocycles. The summed E-state index contributed by atoms with van der Waals surface area (Å²) in [7, 11) is 1.99. The molecule has 2 rings (SSSR count). The van der Waals surface area contributed by atoms with Gasteiger partial charge in [0.25, 0.3) is 0 Å². The van der Waals surface area contributed by atoms with Gasteiger partial charge in [-0.1, -0.05) is 18.3 Å². The lowest BCUT2D eigenvalue weighted by Gasteiger charge is -2.19. The average Bonchev–Trinajstić information content (AvgIpc) is 2.81. The molecule has 1 atom stereocenters. The van der Waals surface area contributed by atoms with Crippen LogP contribution in [-0.2, 0) is 6.42 Å². The Hall–Kier alpha value is -0.130. The van der Waals surface area contributed by atoms with E-state index in [1.807, 2.05) is 7.05 Å². The first kappa shape index (κ1) is 13.3. The minimum Gasteiger partial charge on any atom is -0.311 e. The molecule has 0 radical (unpaired) electrons. The number of nitrogens with zero attached hydrogens (tertiary/aromatic N) is 2. The molecule has 0 bridgehead atoms. The number of thioether (sulfide) groups is 1. The summed E-state index contributed by atoms with van der Waals surface area (Å²) in [5, 5.41) is 14.3. The third kappa shape index (κ3) is 3.66. The van der Waals surface area contributed by atoms with E-state index in [1.54, 1.807) is 11.3 Å². The second kappa shape index (κ2) is 6.71. The van der Waals surface area contributed by atoms with E-state index in [0.29, 0.717) is 6.04 Å². The lowest BCUT2D eigenvalue weighted by atomic mass is 9.99. The fraction of sp³-hybridized carbons (Fsp3) is 0.833. The molecule has 2 heterocycles. The van der Waals surface area contributed by atoms with Crippen LogP contribution in [0.3, 0.4) is 0 Å². The smallest absolute Gasteiger partial charge is 0.134 e. The Labute approximate surface area is 112 Å². The van der Waals surface area contributed by atoms with Crippen molar-refractivity contribution in [1.29, 1.82) is 0 Å². The Morgan fingerprint density at radius 1 is 1.35 bits per heavy atom. The number of rotatable bonds is 5. The van der Waals surface area contributed by atoms with Crippen LogP contribution in [0.4, 0.5) is 0 Å². The van der Waals surface area contributed by atoms with Crippen molar-refractivity contribution in [1.82, 2.24) is 15.5 Å². The molecule has 96 valence electrons. The Morgan fingerprint density at radius 2 is 2.12 bits per heavy atom. The van der Waals surface area contributed by atoms with Gasteiger partial charge in [-0.2, -0.15) is 11.8 Å². The number of hydrogen-bond acceptors (Lipinski definition) is 5. The predicted molar refractivity (Wildman–Crippen MR) is 75.8 cm³/mol. The average molecular weight is 271 g/mol. The first-order chi connectivity index (χ1) is 8.33. The topological polar surface area (TPSA) is 37.8 Å². The monoisotopic (exact) mass is 271 g/mol.